The molecule has 0 radical (unpaired) electrons. The lowest BCUT2D eigenvalue weighted by Gasteiger charge is -2.20. The van der Waals surface area contributed by atoms with Gasteiger partial charge in [0.2, 0.25) is 0 Å². The van der Waals surface area contributed by atoms with Crippen LogP contribution in [-0.2, 0) is 4.79 Å². The van der Waals surface area contributed by atoms with E-state index in [1.165, 1.54) is 24.3 Å². The van der Waals surface area contributed by atoms with E-state index < -0.39 is 24.0 Å². The van der Waals surface area contributed by atoms with Crippen LogP contribution < -0.4 is 10.6 Å². The third-order valence-electron chi connectivity index (χ3n) is 3.13. The lowest BCUT2D eigenvalue weighted by atomic mass is 9.99. The van der Waals surface area contributed by atoms with E-state index in [1.54, 1.807) is 6.92 Å². The number of aliphatic carboxylic acids is 1. The summed E-state index contributed by atoms with van der Waals surface area (Å²) in [6.45, 7) is 3.56. The predicted octanol–water partition coefficient (Wildman–Crippen LogP) is 2.01. The summed E-state index contributed by atoms with van der Waals surface area (Å²) in [5.74, 6) is -2.44. The van der Waals surface area contributed by atoms with E-state index in [-0.39, 0.29) is 17.2 Å². The molecular formula is C14H18N2O5. The minimum absolute atomic E-state index is 0.0320. The van der Waals surface area contributed by atoms with E-state index in [4.69, 9.17) is 10.2 Å². The highest BCUT2D eigenvalue weighted by atomic mass is 16.4. The zero-order valence-electron chi connectivity index (χ0n) is 11.8. The summed E-state index contributed by atoms with van der Waals surface area (Å²) < 4.78 is 0. The van der Waals surface area contributed by atoms with Gasteiger partial charge in [0.05, 0.1) is 5.56 Å². The quantitative estimate of drug-likeness (QED) is 0.640. The molecule has 0 aliphatic carbocycles. The van der Waals surface area contributed by atoms with E-state index >= 15 is 0 Å². The Labute approximate surface area is 122 Å². The number of hydrogen-bond donors (Lipinski definition) is 4. The first-order valence-electron chi connectivity index (χ1n) is 6.48. The van der Waals surface area contributed by atoms with Gasteiger partial charge in [-0.3, -0.25) is 0 Å². The van der Waals surface area contributed by atoms with Crippen LogP contribution in [0.25, 0.3) is 0 Å². The van der Waals surface area contributed by atoms with E-state index in [0.29, 0.717) is 6.42 Å². The zero-order valence-corrected chi connectivity index (χ0v) is 11.8. The maximum absolute atomic E-state index is 11.8. The Kier molecular flexibility index (Phi) is 5.71. The molecule has 0 spiro atoms. The molecule has 0 unspecified atom stereocenters. The van der Waals surface area contributed by atoms with E-state index in [0.717, 1.165) is 0 Å². The SMILES string of the molecule is CC[C@H](C)[C@H](NC(=O)Nc1cccc(C(=O)O)c1)C(=O)O. The van der Waals surface area contributed by atoms with Gasteiger partial charge >= 0.3 is 18.0 Å². The van der Waals surface area contributed by atoms with Crippen molar-refractivity contribution >= 4 is 23.7 Å². The fourth-order valence-corrected chi connectivity index (χ4v) is 1.72. The lowest BCUT2D eigenvalue weighted by molar-refractivity contribution is -0.140. The fraction of sp³-hybridized carbons (Fsp3) is 0.357. The minimum Gasteiger partial charge on any atom is -0.480 e. The third kappa shape index (κ3) is 4.79. The molecule has 0 saturated carbocycles. The average Bonchev–Trinajstić information content (AvgIpc) is 2.43. The van der Waals surface area contributed by atoms with Crippen molar-refractivity contribution < 1.29 is 24.6 Å². The second-order valence-electron chi connectivity index (χ2n) is 4.69. The van der Waals surface area contributed by atoms with Gasteiger partial charge in [0.1, 0.15) is 6.04 Å². The Hall–Kier alpha value is -2.57. The van der Waals surface area contributed by atoms with Crippen molar-refractivity contribution in [3.63, 3.8) is 0 Å². The number of rotatable bonds is 6. The van der Waals surface area contributed by atoms with Crippen LogP contribution in [0, 0.1) is 5.92 Å². The molecule has 2 amide bonds. The number of carboxylic acid groups (broad SMARTS) is 2. The Morgan fingerprint density at radius 3 is 2.43 bits per heavy atom. The van der Waals surface area contributed by atoms with Crippen molar-refractivity contribution in [2.75, 3.05) is 5.32 Å². The van der Waals surface area contributed by atoms with Crippen molar-refractivity contribution in [3.05, 3.63) is 29.8 Å². The summed E-state index contributed by atoms with van der Waals surface area (Å²) in [5, 5.41) is 22.7. The number of carbonyl (C=O) groups excluding carboxylic acids is 1. The van der Waals surface area contributed by atoms with Gasteiger partial charge in [-0.25, -0.2) is 14.4 Å². The molecule has 21 heavy (non-hydrogen) atoms. The van der Waals surface area contributed by atoms with Crippen molar-refractivity contribution in [2.24, 2.45) is 5.92 Å². The Balaban J connectivity index is 2.74. The summed E-state index contributed by atoms with van der Waals surface area (Å²) in [6.07, 6.45) is 0.603. The van der Waals surface area contributed by atoms with Crippen molar-refractivity contribution in [3.8, 4) is 0 Å². The average molecular weight is 294 g/mol. The third-order valence-corrected chi connectivity index (χ3v) is 3.13. The summed E-state index contributed by atoms with van der Waals surface area (Å²) in [6, 6.07) is 4.00. The summed E-state index contributed by atoms with van der Waals surface area (Å²) >= 11 is 0. The predicted molar refractivity (Wildman–Crippen MR) is 76.4 cm³/mol. The number of carbonyl (C=O) groups is 3. The summed E-state index contributed by atoms with van der Waals surface area (Å²) in [5.41, 5.74) is 0.310. The molecule has 0 saturated heterocycles. The van der Waals surface area contributed by atoms with Crippen LogP contribution in [-0.4, -0.2) is 34.2 Å². The first-order chi connectivity index (χ1) is 9.85. The second-order valence-corrected chi connectivity index (χ2v) is 4.69. The molecule has 1 rings (SSSR count). The number of anilines is 1. The van der Waals surface area contributed by atoms with Gasteiger partial charge in [-0.1, -0.05) is 26.3 Å². The Morgan fingerprint density at radius 2 is 1.90 bits per heavy atom. The highest BCUT2D eigenvalue weighted by molar-refractivity contribution is 5.94. The van der Waals surface area contributed by atoms with Gasteiger partial charge in [0.25, 0.3) is 0 Å². The van der Waals surface area contributed by atoms with Gasteiger partial charge < -0.3 is 20.8 Å². The van der Waals surface area contributed by atoms with Gasteiger partial charge in [0.15, 0.2) is 0 Å². The molecule has 0 aliphatic rings. The largest absolute Gasteiger partial charge is 0.480 e. The molecule has 1 aromatic carbocycles. The Bertz CT molecular complexity index is 544. The first kappa shape index (κ1) is 16.5. The van der Waals surface area contributed by atoms with E-state index in [2.05, 4.69) is 10.6 Å². The zero-order chi connectivity index (χ0) is 16.0. The normalized spacial score (nSPS) is 13.0. The number of carboxylic acids is 2. The van der Waals surface area contributed by atoms with Crippen molar-refractivity contribution in [2.45, 2.75) is 26.3 Å². The molecule has 114 valence electrons. The number of amides is 2. The highest BCUT2D eigenvalue weighted by Gasteiger charge is 2.25. The monoisotopic (exact) mass is 294 g/mol. The van der Waals surface area contributed by atoms with E-state index in [9.17, 15) is 14.4 Å². The maximum atomic E-state index is 11.8. The molecule has 0 aromatic heterocycles. The van der Waals surface area contributed by atoms with Crippen molar-refractivity contribution in [1.29, 1.82) is 0 Å². The number of hydrogen-bond acceptors (Lipinski definition) is 3. The van der Waals surface area contributed by atoms with Crippen LogP contribution in [0.1, 0.15) is 30.6 Å². The number of nitrogens with one attached hydrogen (secondary N) is 2. The molecule has 7 nitrogen and oxygen atoms in total. The van der Waals surface area contributed by atoms with Crippen LogP contribution in [0.15, 0.2) is 24.3 Å². The standard InChI is InChI=1S/C14H18N2O5/c1-3-8(2)11(13(19)20)16-14(21)15-10-6-4-5-9(7-10)12(17)18/h4-8,11H,3H2,1-2H3,(H,17,18)(H,19,20)(H2,15,16,21)/t8-,11-/m0/s1. The van der Waals surface area contributed by atoms with Crippen molar-refractivity contribution in [1.82, 2.24) is 5.32 Å². The molecule has 4 N–H and O–H groups in total. The fourth-order valence-electron chi connectivity index (χ4n) is 1.72. The van der Waals surface area contributed by atoms with Crippen LogP contribution in [0.3, 0.4) is 0 Å². The van der Waals surface area contributed by atoms with Crippen LogP contribution in [0.2, 0.25) is 0 Å². The van der Waals surface area contributed by atoms with Crippen LogP contribution in [0.5, 0.6) is 0 Å². The first-order valence-corrected chi connectivity index (χ1v) is 6.48. The van der Waals surface area contributed by atoms with Gasteiger partial charge in [0, 0.05) is 5.69 Å². The molecule has 1 aromatic rings. The second kappa shape index (κ2) is 7.28. The number of aromatic carboxylic acids is 1. The highest BCUT2D eigenvalue weighted by Crippen LogP contribution is 2.12. The van der Waals surface area contributed by atoms with Crippen LogP contribution >= 0.6 is 0 Å². The molecule has 0 fully saturated rings. The number of benzene rings is 1. The maximum Gasteiger partial charge on any atom is 0.335 e. The smallest absolute Gasteiger partial charge is 0.335 e. The molecular weight excluding hydrogens is 276 g/mol. The summed E-state index contributed by atoms with van der Waals surface area (Å²) in [7, 11) is 0. The lowest BCUT2D eigenvalue weighted by Crippen LogP contribution is -2.46. The molecule has 0 aliphatic heterocycles. The van der Waals surface area contributed by atoms with E-state index in [1.807, 2.05) is 6.92 Å². The molecule has 0 bridgehead atoms. The molecule has 2 atom stereocenters. The van der Waals surface area contributed by atoms with Gasteiger partial charge in [-0.2, -0.15) is 0 Å². The van der Waals surface area contributed by atoms with Gasteiger partial charge in [-0.05, 0) is 24.1 Å². The van der Waals surface area contributed by atoms with Crippen LogP contribution in [0.4, 0.5) is 10.5 Å². The Morgan fingerprint density at radius 1 is 1.24 bits per heavy atom. The summed E-state index contributed by atoms with van der Waals surface area (Å²) in [4.78, 5) is 33.7. The molecule has 7 heteroatoms. The number of urea groups is 1. The minimum atomic E-state index is -1.11. The van der Waals surface area contributed by atoms with Gasteiger partial charge in [-0.15, -0.1) is 0 Å². The molecule has 0 heterocycles. The topological polar surface area (TPSA) is 116 Å².